The number of amides is 2. The first-order chi connectivity index (χ1) is 14.2. The van der Waals surface area contributed by atoms with Gasteiger partial charge in [0.1, 0.15) is 0 Å². The summed E-state index contributed by atoms with van der Waals surface area (Å²) in [6.45, 7) is 2.10. The smallest absolute Gasteiger partial charge is 0.272 e. The zero-order valence-corrected chi connectivity index (χ0v) is 16.4. The molecule has 0 spiro atoms. The lowest BCUT2D eigenvalue weighted by Gasteiger charge is -2.17. The highest BCUT2D eigenvalue weighted by atomic mass is 16.5. The predicted molar refractivity (Wildman–Crippen MR) is 106 cm³/mol. The van der Waals surface area contributed by atoms with Gasteiger partial charge in [0.2, 0.25) is 5.91 Å². The molecule has 2 N–H and O–H groups in total. The van der Waals surface area contributed by atoms with Crippen LogP contribution in [-0.2, 0) is 34.5 Å². The van der Waals surface area contributed by atoms with Crippen molar-refractivity contribution in [3.8, 4) is 0 Å². The fraction of sp³-hybridized carbons (Fsp3) is 0.500. The highest BCUT2D eigenvalue weighted by molar-refractivity contribution is 5.94. The van der Waals surface area contributed by atoms with E-state index in [1.165, 1.54) is 0 Å². The largest absolute Gasteiger partial charge is 0.376 e. The van der Waals surface area contributed by atoms with Gasteiger partial charge in [0.25, 0.3) is 5.91 Å². The number of nitrogens with zero attached hydrogens (tertiary/aromatic N) is 2. The van der Waals surface area contributed by atoms with E-state index in [0.717, 1.165) is 48.9 Å². The van der Waals surface area contributed by atoms with Crippen molar-refractivity contribution in [1.29, 1.82) is 0 Å². The number of ether oxygens (including phenoxy) is 1. The van der Waals surface area contributed by atoms with Crippen LogP contribution in [0.1, 0.15) is 53.0 Å². The molecule has 0 bridgehead atoms. The molecule has 2 heterocycles. The second-order valence-electron chi connectivity index (χ2n) is 8.25. The third kappa shape index (κ3) is 3.55. The van der Waals surface area contributed by atoms with Crippen LogP contribution >= 0.6 is 0 Å². The number of carbonyl (C=O) groups excluding carboxylic acids is 2. The standard InChI is InChI=1S/C22H26N4O3/c27-20(24-16-6-7-16)19-17-14-29-13-8-18(17)26(25-19)12-11-23-21(28)22(9-10-22)15-4-2-1-3-5-15/h1-5,16H,6-14H2,(H,23,28)(H,24,27). The van der Waals surface area contributed by atoms with Crippen molar-refractivity contribution in [2.75, 3.05) is 13.2 Å². The minimum atomic E-state index is -0.367. The summed E-state index contributed by atoms with van der Waals surface area (Å²) < 4.78 is 7.44. The number of carbonyl (C=O) groups is 2. The van der Waals surface area contributed by atoms with Crippen molar-refractivity contribution >= 4 is 11.8 Å². The Morgan fingerprint density at radius 2 is 2.00 bits per heavy atom. The second-order valence-corrected chi connectivity index (χ2v) is 8.25. The van der Waals surface area contributed by atoms with E-state index < -0.39 is 0 Å². The molecule has 1 aromatic carbocycles. The summed E-state index contributed by atoms with van der Waals surface area (Å²) in [4.78, 5) is 25.4. The Hall–Kier alpha value is -2.67. The molecule has 3 aliphatic rings. The van der Waals surface area contributed by atoms with Crippen molar-refractivity contribution in [2.24, 2.45) is 0 Å². The number of aromatic nitrogens is 2. The monoisotopic (exact) mass is 394 g/mol. The van der Waals surface area contributed by atoms with E-state index in [4.69, 9.17) is 4.74 Å². The number of rotatable bonds is 7. The molecular weight excluding hydrogens is 368 g/mol. The van der Waals surface area contributed by atoms with Crippen LogP contribution in [0.5, 0.6) is 0 Å². The van der Waals surface area contributed by atoms with E-state index in [1.807, 2.05) is 35.0 Å². The lowest BCUT2D eigenvalue weighted by molar-refractivity contribution is -0.123. The van der Waals surface area contributed by atoms with E-state index in [1.54, 1.807) is 0 Å². The summed E-state index contributed by atoms with van der Waals surface area (Å²) in [6, 6.07) is 10.3. The molecule has 2 amide bonds. The van der Waals surface area contributed by atoms with Gasteiger partial charge in [-0.3, -0.25) is 14.3 Å². The average molecular weight is 394 g/mol. The summed E-state index contributed by atoms with van der Waals surface area (Å²) in [5, 5.41) is 10.7. The first-order valence-corrected chi connectivity index (χ1v) is 10.5. The number of hydrogen-bond acceptors (Lipinski definition) is 4. The number of fused-ring (bicyclic) bond motifs is 1. The summed E-state index contributed by atoms with van der Waals surface area (Å²) in [5.41, 5.74) is 3.14. The van der Waals surface area contributed by atoms with Gasteiger partial charge in [0.15, 0.2) is 5.69 Å². The topological polar surface area (TPSA) is 85.3 Å². The van der Waals surface area contributed by atoms with Gasteiger partial charge >= 0.3 is 0 Å². The van der Waals surface area contributed by atoms with Gasteiger partial charge < -0.3 is 15.4 Å². The second kappa shape index (κ2) is 7.30. The van der Waals surface area contributed by atoms with Gasteiger partial charge in [-0.25, -0.2) is 0 Å². The van der Waals surface area contributed by atoms with E-state index in [-0.39, 0.29) is 17.2 Å². The minimum Gasteiger partial charge on any atom is -0.376 e. The highest BCUT2D eigenvalue weighted by Gasteiger charge is 2.50. The van der Waals surface area contributed by atoms with Crippen LogP contribution in [0.3, 0.4) is 0 Å². The molecule has 1 aliphatic heterocycles. The Balaban J connectivity index is 1.26. The third-order valence-electron chi connectivity index (χ3n) is 6.14. The van der Waals surface area contributed by atoms with E-state index in [0.29, 0.717) is 38.0 Å². The SMILES string of the molecule is O=C(NC1CC1)c1nn(CCNC(=O)C2(c3ccccc3)CC2)c2c1COCC2. The zero-order valence-electron chi connectivity index (χ0n) is 16.4. The molecule has 0 unspecified atom stereocenters. The van der Waals surface area contributed by atoms with Gasteiger partial charge in [-0.05, 0) is 31.2 Å². The normalized spacial score (nSPS) is 19.3. The fourth-order valence-electron chi connectivity index (χ4n) is 4.13. The maximum absolute atomic E-state index is 12.8. The van der Waals surface area contributed by atoms with Crippen LogP contribution < -0.4 is 10.6 Å². The molecule has 7 nitrogen and oxygen atoms in total. The molecule has 2 aliphatic carbocycles. The number of benzene rings is 1. The van der Waals surface area contributed by atoms with Crippen LogP contribution in [0.4, 0.5) is 0 Å². The number of nitrogens with one attached hydrogen (secondary N) is 2. The molecule has 2 fully saturated rings. The highest BCUT2D eigenvalue weighted by Crippen LogP contribution is 2.48. The van der Waals surface area contributed by atoms with Crippen LogP contribution in [0, 0.1) is 0 Å². The summed E-state index contributed by atoms with van der Waals surface area (Å²) in [5.74, 6) is -0.0298. The van der Waals surface area contributed by atoms with Crippen LogP contribution in [0.25, 0.3) is 0 Å². The quantitative estimate of drug-likeness (QED) is 0.749. The van der Waals surface area contributed by atoms with Crippen molar-refractivity contribution in [1.82, 2.24) is 20.4 Å². The predicted octanol–water partition coefficient (Wildman–Crippen LogP) is 1.70. The van der Waals surface area contributed by atoms with E-state index in [2.05, 4.69) is 15.7 Å². The molecule has 0 radical (unpaired) electrons. The van der Waals surface area contributed by atoms with Crippen molar-refractivity contribution in [3.63, 3.8) is 0 Å². The fourth-order valence-corrected chi connectivity index (χ4v) is 4.13. The third-order valence-corrected chi connectivity index (χ3v) is 6.14. The molecule has 0 saturated heterocycles. The van der Waals surface area contributed by atoms with Gasteiger partial charge in [0.05, 0.1) is 25.2 Å². The maximum atomic E-state index is 12.8. The average Bonchev–Trinajstić information content (AvgIpc) is 3.67. The Bertz CT molecular complexity index is 929. The van der Waals surface area contributed by atoms with Gasteiger partial charge in [-0.1, -0.05) is 30.3 Å². The van der Waals surface area contributed by atoms with Crippen molar-refractivity contribution in [3.05, 3.63) is 52.8 Å². The Kier molecular flexibility index (Phi) is 4.62. The zero-order chi connectivity index (χ0) is 19.8. The molecule has 2 aromatic rings. The van der Waals surface area contributed by atoms with E-state index in [9.17, 15) is 9.59 Å². The van der Waals surface area contributed by atoms with Crippen LogP contribution in [-0.4, -0.2) is 40.8 Å². The van der Waals surface area contributed by atoms with Gasteiger partial charge in [-0.2, -0.15) is 5.10 Å². The first kappa shape index (κ1) is 18.4. The minimum absolute atomic E-state index is 0.0831. The van der Waals surface area contributed by atoms with Crippen LogP contribution in [0.2, 0.25) is 0 Å². The summed E-state index contributed by atoms with van der Waals surface area (Å²) in [6.07, 6.45) is 4.60. The lowest BCUT2D eigenvalue weighted by Crippen LogP contribution is -2.37. The van der Waals surface area contributed by atoms with E-state index >= 15 is 0 Å². The molecular formula is C22H26N4O3. The summed E-state index contributed by atoms with van der Waals surface area (Å²) >= 11 is 0. The number of hydrogen-bond donors (Lipinski definition) is 2. The van der Waals surface area contributed by atoms with Crippen LogP contribution in [0.15, 0.2) is 30.3 Å². The molecule has 5 rings (SSSR count). The first-order valence-electron chi connectivity index (χ1n) is 10.5. The lowest BCUT2D eigenvalue weighted by atomic mass is 9.95. The Morgan fingerprint density at radius 1 is 1.21 bits per heavy atom. The van der Waals surface area contributed by atoms with Crippen molar-refractivity contribution < 1.29 is 14.3 Å². The molecule has 1 aromatic heterocycles. The molecule has 29 heavy (non-hydrogen) atoms. The van der Waals surface area contributed by atoms with Gasteiger partial charge in [-0.15, -0.1) is 0 Å². The summed E-state index contributed by atoms with van der Waals surface area (Å²) in [7, 11) is 0. The Morgan fingerprint density at radius 3 is 2.72 bits per heavy atom. The van der Waals surface area contributed by atoms with Gasteiger partial charge in [0, 0.05) is 30.3 Å². The van der Waals surface area contributed by atoms with Crippen molar-refractivity contribution in [2.45, 2.75) is 56.7 Å². The molecule has 152 valence electrons. The maximum Gasteiger partial charge on any atom is 0.272 e. The molecule has 0 atom stereocenters. The molecule has 7 heteroatoms. The molecule has 2 saturated carbocycles. The Labute approximate surface area is 169 Å².